The second-order valence-electron chi connectivity index (χ2n) is 9.18. The molecule has 0 bridgehead atoms. The molecule has 1 heterocycles. The molecule has 0 radical (unpaired) electrons. The maximum absolute atomic E-state index is 13.6. The zero-order chi connectivity index (χ0) is 23.7. The number of para-hydroxylation sites is 2. The molecular weight excluding hydrogens is 424 g/mol. The molecule has 2 N–H and O–H groups in total. The normalized spacial score (nSPS) is 19.5. The Bertz CT molecular complexity index is 1210. The Morgan fingerprint density at radius 1 is 0.824 bits per heavy atom. The summed E-state index contributed by atoms with van der Waals surface area (Å²) in [5.41, 5.74) is 5.97. The third-order valence-electron chi connectivity index (χ3n) is 6.48. The SMILES string of the molecule is COc1ccc(C2Nc3ccccc3NC3=C2C(=O)CC(c2ccc(OC(C)C)cc2)C3)cc1. The van der Waals surface area contributed by atoms with E-state index in [1.165, 1.54) is 0 Å². The van der Waals surface area contributed by atoms with Crippen LogP contribution in [0.1, 0.15) is 49.8 Å². The van der Waals surface area contributed by atoms with E-state index in [4.69, 9.17) is 9.47 Å². The van der Waals surface area contributed by atoms with Crippen LogP contribution in [0.4, 0.5) is 11.4 Å². The molecule has 1 aliphatic carbocycles. The van der Waals surface area contributed by atoms with Gasteiger partial charge in [-0.05, 0) is 73.7 Å². The molecule has 3 aromatic rings. The summed E-state index contributed by atoms with van der Waals surface area (Å²) in [6.45, 7) is 4.04. The highest BCUT2D eigenvalue weighted by Gasteiger charge is 2.36. The number of nitrogens with one attached hydrogen (secondary N) is 2. The average Bonchev–Trinajstić information content (AvgIpc) is 3.01. The minimum absolute atomic E-state index is 0.119. The number of methoxy groups -OCH3 is 1. The summed E-state index contributed by atoms with van der Waals surface area (Å²) in [5, 5.41) is 7.22. The van der Waals surface area contributed by atoms with Crippen LogP contribution in [0.15, 0.2) is 84.1 Å². The molecule has 0 amide bonds. The lowest BCUT2D eigenvalue weighted by molar-refractivity contribution is -0.116. The number of ether oxygens (including phenoxy) is 2. The van der Waals surface area contributed by atoms with Crippen LogP contribution < -0.4 is 20.1 Å². The number of allylic oxidation sites excluding steroid dienone is 1. The topological polar surface area (TPSA) is 59.6 Å². The van der Waals surface area contributed by atoms with E-state index in [-0.39, 0.29) is 23.8 Å². The van der Waals surface area contributed by atoms with Crippen LogP contribution in [-0.2, 0) is 4.79 Å². The Balaban J connectivity index is 1.51. The van der Waals surface area contributed by atoms with E-state index < -0.39 is 0 Å². The summed E-state index contributed by atoms with van der Waals surface area (Å²) < 4.78 is 11.1. The van der Waals surface area contributed by atoms with Gasteiger partial charge in [0.15, 0.2) is 5.78 Å². The van der Waals surface area contributed by atoms with Crippen molar-refractivity contribution in [2.75, 3.05) is 17.7 Å². The molecule has 5 rings (SSSR count). The lowest BCUT2D eigenvalue weighted by Crippen LogP contribution is -2.26. The molecule has 2 aliphatic rings. The average molecular weight is 455 g/mol. The van der Waals surface area contributed by atoms with Crippen molar-refractivity contribution in [2.24, 2.45) is 0 Å². The third kappa shape index (κ3) is 4.38. The molecule has 1 aliphatic heterocycles. The molecule has 174 valence electrons. The Kier molecular flexibility index (Phi) is 6.01. The molecule has 0 fully saturated rings. The van der Waals surface area contributed by atoms with Gasteiger partial charge in [0.1, 0.15) is 11.5 Å². The molecule has 34 heavy (non-hydrogen) atoms. The van der Waals surface area contributed by atoms with Crippen molar-refractivity contribution < 1.29 is 14.3 Å². The highest BCUT2D eigenvalue weighted by atomic mass is 16.5. The number of carbonyl (C=O) groups is 1. The van der Waals surface area contributed by atoms with Crippen molar-refractivity contribution in [3.63, 3.8) is 0 Å². The standard InChI is InChI=1S/C29H30N2O3/c1-18(2)34-23-14-8-19(9-15-23)21-16-26-28(27(32)17-21)29(20-10-12-22(33-3)13-11-20)31-25-7-5-4-6-24(25)30-26/h4-15,18,21,29-31H,16-17H2,1-3H3. The highest BCUT2D eigenvalue weighted by molar-refractivity contribution is 6.01. The van der Waals surface area contributed by atoms with Gasteiger partial charge in [0, 0.05) is 17.7 Å². The number of benzene rings is 3. The summed E-state index contributed by atoms with van der Waals surface area (Å²) in [6, 6.07) is 24.0. The number of Topliss-reactive ketones (excluding diaryl/α,β-unsaturated/α-hetero) is 1. The molecule has 5 heteroatoms. The molecule has 0 saturated heterocycles. The maximum atomic E-state index is 13.6. The van der Waals surface area contributed by atoms with Gasteiger partial charge in [-0.3, -0.25) is 4.79 Å². The van der Waals surface area contributed by atoms with E-state index in [9.17, 15) is 4.79 Å². The predicted molar refractivity (Wildman–Crippen MR) is 136 cm³/mol. The maximum Gasteiger partial charge on any atom is 0.163 e. The number of hydrogen-bond acceptors (Lipinski definition) is 5. The number of hydrogen-bond donors (Lipinski definition) is 2. The van der Waals surface area contributed by atoms with E-state index >= 15 is 0 Å². The quantitative estimate of drug-likeness (QED) is 0.463. The van der Waals surface area contributed by atoms with Crippen LogP contribution in [0.2, 0.25) is 0 Å². The first-order chi connectivity index (χ1) is 16.5. The Hall–Kier alpha value is -3.73. The molecular formula is C29H30N2O3. The van der Waals surface area contributed by atoms with Gasteiger partial charge < -0.3 is 20.1 Å². The van der Waals surface area contributed by atoms with E-state index in [2.05, 4.69) is 28.8 Å². The van der Waals surface area contributed by atoms with Gasteiger partial charge in [-0.1, -0.05) is 36.4 Å². The molecule has 2 unspecified atom stereocenters. The third-order valence-corrected chi connectivity index (χ3v) is 6.48. The molecule has 3 aromatic carbocycles. The zero-order valence-corrected chi connectivity index (χ0v) is 19.8. The van der Waals surface area contributed by atoms with Crippen molar-refractivity contribution in [1.82, 2.24) is 0 Å². The van der Waals surface area contributed by atoms with Crippen LogP contribution >= 0.6 is 0 Å². The van der Waals surface area contributed by atoms with E-state index in [1.807, 2.05) is 68.4 Å². The number of fused-ring (bicyclic) bond motifs is 1. The first kappa shape index (κ1) is 22.1. The zero-order valence-electron chi connectivity index (χ0n) is 19.8. The number of ketones is 1. The van der Waals surface area contributed by atoms with E-state index in [0.717, 1.165) is 51.7 Å². The largest absolute Gasteiger partial charge is 0.497 e. The van der Waals surface area contributed by atoms with Gasteiger partial charge in [0.2, 0.25) is 0 Å². The summed E-state index contributed by atoms with van der Waals surface area (Å²) in [6.07, 6.45) is 1.39. The van der Waals surface area contributed by atoms with Crippen molar-refractivity contribution in [3.05, 3.63) is 95.2 Å². The van der Waals surface area contributed by atoms with Gasteiger partial charge in [0.05, 0.1) is 30.6 Å². The first-order valence-corrected chi connectivity index (χ1v) is 11.8. The van der Waals surface area contributed by atoms with Crippen LogP contribution in [0.3, 0.4) is 0 Å². The van der Waals surface area contributed by atoms with Crippen LogP contribution in [0.25, 0.3) is 0 Å². The Labute approximate surface area is 200 Å². The second-order valence-corrected chi connectivity index (χ2v) is 9.18. The van der Waals surface area contributed by atoms with Gasteiger partial charge >= 0.3 is 0 Å². The van der Waals surface area contributed by atoms with Crippen LogP contribution in [0.5, 0.6) is 11.5 Å². The molecule has 0 saturated carbocycles. The Morgan fingerprint density at radius 2 is 1.47 bits per heavy atom. The number of rotatable bonds is 5. The fraction of sp³-hybridized carbons (Fsp3) is 0.276. The number of carbonyl (C=O) groups excluding carboxylic acids is 1. The predicted octanol–water partition coefficient (Wildman–Crippen LogP) is 6.46. The summed E-state index contributed by atoms with van der Waals surface area (Å²) >= 11 is 0. The summed E-state index contributed by atoms with van der Waals surface area (Å²) in [4.78, 5) is 13.6. The van der Waals surface area contributed by atoms with Gasteiger partial charge in [-0.15, -0.1) is 0 Å². The van der Waals surface area contributed by atoms with E-state index in [0.29, 0.717) is 6.42 Å². The summed E-state index contributed by atoms with van der Waals surface area (Å²) in [5.74, 6) is 1.94. The lowest BCUT2D eigenvalue weighted by atomic mass is 9.78. The van der Waals surface area contributed by atoms with Crippen molar-refractivity contribution in [3.8, 4) is 11.5 Å². The molecule has 2 atom stereocenters. The van der Waals surface area contributed by atoms with Crippen LogP contribution in [0, 0.1) is 0 Å². The molecule has 0 spiro atoms. The minimum Gasteiger partial charge on any atom is -0.497 e. The fourth-order valence-corrected chi connectivity index (χ4v) is 4.87. The lowest BCUT2D eigenvalue weighted by Gasteiger charge is -2.30. The van der Waals surface area contributed by atoms with Crippen LogP contribution in [-0.4, -0.2) is 19.0 Å². The molecule has 0 aromatic heterocycles. The first-order valence-electron chi connectivity index (χ1n) is 11.8. The number of anilines is 2. The van der Waals surface area contributed by atoms with Gasteiger partial charge in [-0.2, -0.15) is 0 Å². The monoisotopic (exact) mass is 454 g/mol. The van der Waals surface area contributed by atoms with Crippen molar-refractivity contribution in [2.45, 2.75) is 44.8 Å². The van der Waals surface area contributed by atoms with Gasteiger partial charge in [0.25, 0.3) is 0 Å². The highest BCUT2D eigenvalue weighted by Crippen LogP contribution is 2.44. The second kappa shape index (κ2) is 9.26. The fourth-order valence-electron chi connectivity index (χ4n) is 4.87. The summed E-state index contributed by atoms with van der Waals surface area (Å²) in [7, 11) is 1.66. The van der Waals surface area contributed by atoms with E-state index in [1.54, 1.807) is 7.11 Å². The van der Waals surface area contributed by atoms with Crippen molar-refractivity contribution >= 4 is 17.2 Å². The van der Waals surface area contributed by atoms with Gasteiger partial charge in [-0.25, -0.2) is 0 Å². The minimum atomic E-state index is -0.229. The van der Waals surface area contributed by atoms with Crippen molar-refractivity contribution in [1.29, 1.82) is 0 Å². The Morgan fingerprint density at radius 3 is 2.15 bits per heavy atom. The smallest absolute Gasteiger partial charge is 0.163 e. The molecule has 5 nitrogen and oxygen atoms in total.